The average Bonchev–Trinajstić information content (AvgIpc) is 2.45. The lowest BCUT2D eigenvalue weighted by molar-refractivity contribution is 0.269. The number of nitrogen functional groups attached to an aromatic ring is 1. The van der Waals surface area contributed by atoms with E-state index in [-0.39, 0.29) is 11.4 Å². The molecule has 21 heavy (non-hydrogen) atoms. The Hall–Kier alpha value is -1.59. The number of rotatable bonds is 5. The predicted molar refractivity (Wildman–Crippen MR) is 87.4 cm³/mol. The zero-order valence-electron chi connectivity index (χ0n) is 13.7. The van der Waals surface area contributed by atoms with Gasteiger partial charge in [-0.3, -0.25) is 0 Å². The SMILES string of the molecule is CC(C)C(C)(C)CNc1nc(N)nc(N2CCCCC2)n1. The normalized spacial score (nSPS) is 16.3. The number of hydrogen-bond donors (Lipinski definition) is 2. The number of piperidine rings is 1. The summed E-state index contributed by atoms with van der Waals surface area (Å²) >= 11 is 0. The van der Waals surface area contributed by atoms with Crippen LogP contribution in [0.4, 0.5) is 17.8 Å². The third kappa shape index (κ3) is 4.19. The number of nitrogens with zero attached hydrogens (tertiary/aromatic N) is 4. The van der Waals surface area contributed by atoms with E-state index in [2.05, 4.69) is 52.9 Å². The molecule has 0 bridgehead atoms. The monoisotopic (exact) mass is 292 g/mol. The molecule has 0 unspecified atom stereocenters. The molecule has 1 aromatic heterocycles. The minimum absolute atomic E-state index is 0.173. The zero-order valence-corrected chi connectivity index (χ0v) is 13.7. The first-order valence-electron chi connectivity index (χ1n) is 7.89. The van der Waals surface area contributed by atoms with Crippen LogP contribution in [0.1, 0.15) is 47.0 Å². The summed E-state index contributed by atoms with van der Waals surface area (Å²) in [5.74, 6) is 2.14. The Morgan fingerprint density at radius 3 is 2.43 bits per heavy atom. The molecule has 2 rings (SSSR count). The van der Waals surface area contributed by atoms with E-state index >= 15 is 0 Å². The second kappa shape index (κ2) is 6.45. The lowest BCUT2D eigenvalue weighted by Crippen LogP contribution is -2.32. The van der Waals surface area contributed by atoms with Crippen LogP contribution in [0, 0.1) is 11.3 Å². The maximum absolute atomic E-state index is 5.84. The van der Waals surface area contributed by atoms with Crippen molar-refractivity contribution in [3.05, 3.63) is 0 Å². The van der Waals surface area contributed by atoms with Gasteiger partial charge in [0.15, 0.2) is 0 Å². The number of nitrogens with one attached hydrogen (secondary N) is 1. The Labute approximate surface area is 127 Å². The van der Waals surface area contributed by atoms with Crippen molar-refractivity contribution in [2.45, 2.75) is 47.0 Å². The van der Waals surface area contributed by atoms with Crippen LogP contribution in [-0.2, 0) is 0 Å². The third-order valence-corrected chi connectivity index (χ3v) is 4.54. The van der Waals surface area contributed by atoms with Crippen LogP contribution in [-0.4, -0.2) is 34.6 Å². The molecule has 1 aliphatic rings. The molecule has 6 nitrogen and oxygen atoms in total. The topological polar surface area (TPSA) is 80.0 Å². The summed E-state index contributed by atoms with van der Waals surface area (Å²) in [6.45, 7) is 11.7. The molecular formula is C15H28N6. The van der Waals surface area contributed by atoms with Gasteiger partial charge in [0.2, 0.25) is 17.8 Å². The Morgan fingerprint density at radius 1 is 1.14 bits per heavy atom. The van der Waals surface area contributed by atoms with Crippen LogP contribution in [0.5, 0.6) is 0 Å². The van der Waals surface area contributed by atoms with Crippen molar-refractivity contribution in [2.75, 3.05) is 35.6 Å². The first kappa shape index (κ1) is 15.8. The van der Waals surface area contributed by atoms with Crippen molar-refractivity contribution in [3.63, 3.8) is 0 Å². The van der Waals surface area contributed by atoms with Gasteiger partial charge in [0.1, 0.15) is 0 Å². The molecule has 1 aliphatic heterocycles. The smallest absolute Gasteiger partial charge is 0.231 e. The van der Waals surface area contributed by atoms with Gasteiger partial charge in [-0.2, -0.15) is 15.0 Å². The van der Waals surface area contributed by atoms with Gasteiger partial charge in [0.05, 0.1) is 0 Å². The molecule has 2 heterocycles. The Balaban J connectivity index is 2.08. The maximum atomic E-state index is 5.84. The first-order valence-corrected chi connectivity index (χ1v) is 7.89. The number of anilines is 3. The molecule has 6 heteroatoms. The van der Waals surface area contributed by atoms with Crippen LogP contribution in [0.25, 0.3) is 0 Å². The van der Waals surface area contributed by atoms with E-state index in [9.17, 15) is 0 Å². The fourth-order valence-corrected chi connectivity index (χ4v) is 2.21. The zero-order chi connectivity index (χ0) is 15.5. The summed E-state index contributed by atoms with van der Waals surface area (Å²) in [5.41, 5.74) is 6.01. The summed E-state index contributed by atoms with van der Waals surface area (Å²) in [5, 5.41) is 3.32. The van der Waals surface area contributed by atoms with Gasteiger partial charge in [0.25, 0.3) is 0 Å². The van der Waals surface area contributed by atoms with Gasteiger partial charge < -0.3 is 16.0 Å². The molecule has 0 radical (unpaired) electrons. The highest BCUT2D eigenvalue weighted by Crippen LogP contribution is 2.26. The highest BCUT2D eigenvalue weighted by Gasteiger charge is 2.23. The molecule has 0 aromatic carbocycles. The van der Waals surface area contributed by atoms with Crippen molar-refractivity contribution in [3.8, 4) is 0 Å². The standard InChI is InChI=1S/C15H28N6/c1-11(2)15(3,4)10-17-13-18-12(16)19-14(20-13)21-8-6-5-7-9-21/h11H,5-10H2,1-4H3,(H3,16,17,18,19,20). The Kier molecular flexibility index (Phi) is 4.85. The van der Waals surface area contributed by atoms with Crippen molar-refractivity contribution >= 4 is 17.8 Å². The minimum atomic E-state index is 0.173. The number of aromatic nitrogens is 3. The van der Waals surface area contributed by atoms with E-state index in [1.54, 1.807) is 0 Å². The fraction of sp³-hybridized carbons (Fsp3) is 0.800. The average molecular weight is 292 g/mol. The van der Waals surface area contributed by atoms with Crippen LogP contribution in [0.15, 0.2) is 0 Å². The summed E-state index contributed by atoms with van der Waals surface area (Å²) < 4.78 is 0. The van der Waals surface area contributed by atoms with Gasteiger partial charge in [-0.25, -0.2) is 0 Å². The van der Waals surface area contributed by atoms with Crippen LogP contribution < -0.4 is 16.0 Å². The highest BCUT2D eigenvalue weighted by atomic mass is 15.3. The highest BCUT2D eigenvalue weighted by molar-refractivity contribution is 5.42. The Bertz CT molecular complexity index is 465. The molecular weight excluding hydrogens is 264 g/mol. The minimum Gasteiger partial charge on any atom is -0.368 e. The van der Waals surface area contributed by atoms with Crippen molar-refractivity contribution in [2.24, 2.45) is 11.3 Å². The van der Waals surface area contributed by atoms with Crippen LogP contribution in [0.2, 0.25) is 0 Å². The summed E-state index contributed by atoms with van der Waals surface area (Å²) in [6.07, 6.45) is 3.66. The lowest BCUT2D eigenvalue weighted by Gasteiger charge is -2.30. The van der Waals surface area contributed by atoms with Crippen molar-refractivity contribution in [1.29, 1.82) is 0 Å². The van der Waals surface area contributed by atoms with E-state index in [4.69, 9.17) is 5.73 Å². The van der Waals surface area contributed by atoms with E-state index < -0.39 is 0 Å². The maximum Gasteiger partial charge on any atom is 0.231 e. The van der Waals surface area contributed by atoms with Gasteiger partial charge in [-0.1, -0.05) is 27.7 Å². The van der Waals surface area contributed by atoms with Crippen molar-refractivity contribution < 1.29 is 0 Å². The summed E-state index contributed by atoms with van der Waals surface area (Å²) in [4.78, 5) is 15.2. The molecule has 0 aliphatic carbocycles. The van der Waals surface area contributed by atoms with E-state index in [0.29, 0.717) is 17.8 Å². The molecule has 1 fully saturated rings. The number of nitrogens with two attached hydrogens (primary N) is 1. The first-order chi connectivity index (χ1) is 9.88. The Morgan fingerprint density at radius 2 is 1.81 bits per heavy atom. The van der Waals surface area contributed by atoms with Crippen molar-refractivity contribution in [1.82, 2.24) is 15.0 Å². The molecule has 3 N–H and O–H groups in total. The lowest BCUT2D eigenvalue weighted by atomic mass is 9.81. The van der Waals surface area contributed by atoms with E-state index in [1.807, 2.05) is 0 Å². The molecule has 0 amide bonds. The third-order valence-electron chi connectivity index (χ3n) is 4.54. The van der Waals surface area contributed by atoms with E-state index in [0.717, 1.165) is 19.6 Å². The summed E-state index contributed by atoms with van der Waals surface area (Å²) in [7, 11) is 0. The second-order valence-corrected chi connectivity index (χ2v) is 6.86. The van der Waals surface area contributed by atoms with Crippen LogP contribution >= 0.6 is 0 Å². The largest absolute Gasteiger partial charge is 0.368 e. The van der Waals surface area contributed by atoms with Gasteiger partial charge in [-0.15, -0.1) is 0 Å². The van der Waals surface area contributed by atoms with Crippen LogP contribution in [0.3, 0.4) is 0 Å². The summed E-state index contributed by atoms with van der Waals surface area (Å²) in [6, 6.07) is 0. The number of hydrogen-bond acceptors (Lipinski definition) is 6. The quantitative estimate of drug-likeness (QED) is 0.868. The predicted octanol–water partition coefficient (Wildman–Crippen LogP) is 2.54. The van der Waals surface area contributed by atoms with E-state index in [1.165, 1.54) is 19.3 Å². The van der Waals surface area contributed by atoms with Gasteiger partial charge in [0, 0.05) is 19.6 Å². The van der Waals surface area contributed by atoms with Gasteiger partial charge in [-0.05, 0) is 30.6 Å². The van der Waals surface area contributed by atoms with Gasteiger partial charge >= 0.3 is 0 Å². The molecule has 0 saturated carbocycles. The molecule has 1 saturated heterocycles. The molecule has 0 atom stereocenters. The molecule has 1 aromatic rings. The molecule has 0 spiro atoms. The fourth-order valence-electron chi connectivity index (χ4n) is 2.21. The second-order valence-electron chi connectivity index (χ2n) is 6.86. The molecule has 118 valence electrons.